The van der Waals surface area contributed by atoms with E-state index in [1.54, 1.807) is 0 Å². The number of hydrogen-bond donors (Lipinski definition) is 1. The lowest BCUT2D eigenvalue weighted by molar-refractivity contribution is -0.131. The highest BCUT2D eigenvalue weighted by Gasteiger charge is 2.25. The summed E-state index contributed by atoms with van der Waals surface area (Å²) >= 11 is 0. The average Bonchev–Trinajstić information content (AvgIpc) is 3.06. The number of hydrogen-bond acceptors (Lipinski definition) is 2. The Morgan fingerprint density at radius 1 is 1.29 bits per heavy atom. The summed E-state index contributed by atoms with van der Waals surface area (Å²) in [6.45, 7) is 5.47. The lowest BCUT2D eigenvalue weighted by Gasteiger charge is -2.27. The van der Waals surface area contributed by atoms with Gasteiger partial charge in [-0.1, -0.05) is 18.2 Å². The van der Waals surface area contributed by atoms with Crippen LogP contribution in [-0.4, -0.2) is 32.1 Å². The molecular formula is C19H22N4O. The van der Waals surface area contributed by atoms with E-state index >= 15 is 0 Å². The number of nitrogens with zero attached hydrogens (tertiary/aromatic N) is 3. The smallest absolute Gasteiger partial charge is 0.227 e. The van der Waals surface area contributed by atoms with Gasteiger partial charge in [0.05, 0.1) is 12.1 Å². The van der Waals surface area contributed by atoms with Crippen molar-refractivity contribution in [3.05, 3.63) is 52.5 Å². The van der Waals surface area contributed by atoms with Gasteiger partial charge in [-0.05, 0) is 19.9 Å². The highest BCUT2D eigenvalue weighted by molar-refractivity contribution is 5.86. The number of rotatable bonds is 2. The van der Waals surface area contributed by atoms with Crippen molar-refractivity contribution < 1.29 is 4.79 Å². The van der Waals surface area contributed by atoms with Crippen LogP contribution in [0.4, 0.5) is 0 Å². The minimum atomic E-state index is 0.185. The van der Waals surface area contributed by atoms with Gasteiger partial charge < -0.3 is 9.88 Å². The molecular weight excluding hydrogens is 300 g/mol. The Morgan fingerprint density at radius 2 is 2.08 bits per heavy atom. The van der Waals surface area contributed by atoms with Gasteiger partial charge in [-0.25, -0.2) is 0 Å². The third-order valence-electron chi connectivity index (χ3n) is 5.22. The van der Waals surface area contributed by atoms with Gasteiger partial charge in [0.2, 0.25) is 5.91 Å². The summed E-state index contributed by atoms with van der Waals surface area (Å²) in [7, 11) is 1.93. The first kappa shape index (κ1) is 15.0. The van der Waals surface area contributed by atoms with Gasteiger partial charge in [-0.15, -0.1) is 0 Å². The van der Waals surface area contributed by atoms with Gasteiger partial charge in [0.15, 0.2) is 0 Å². The Hall–Kier alpha value is -2.56. The highest BCUT2D eigenvalue weighted by atomic mass is 16.2. The maximum absolute atomic E-state index is 12.8. The van der Waals surface area contributed by atoms with Gasteiger partial charge in [0.1, 0.15) is 0 Å². The van der Waals surface area contributed by atoms with E-state index in [1.165, 1.54) is 16.6 Å². The van der Waals surface area contributed by atoms with Crippen molar-refractivity contribution in [3.8, 4) is 0 Å². The van der Waals surface area contributed by atoms with Gasteiger partial charge >= 0.3 is 0 Å². The molecule has 4 rings (SSSR count). The molecule has 0 saturated heterocycles. The van der Waals surface area contributed by atoms with Crippen LogP contribution in [-0.2, 0) is 31.2 Å². The van der Waals surface area contributed by atoms with Crippen LogP contribution in [0.5, 0.6) is 0 Å². The number of nitrogens with one attached hydrogen (secondary N) is 1. The monoisotopic (exact) mass is 322 g/mol. The van der Waals surface area contributed by atoms with Gasteiger partial charge in [-0.3, -0.25) is 9.48 Å². The van der Waals surface area contributed by atoms with Gasteiger partial charge in [0.25, 0.3) is 0 Å². The lowest BCUT2D eigenvalue weighted by Crippen LogP contribution is -2.36. The molecule has 1 amide bonds. The zero-order chi connectivity index (χ0) is 16.8. The van der Waals surface area contributed by atoms with Crippen molar-refractivity contribution in [2.24, 2.45) is 7.05 Å². The van der Waals surface area contributed by atoms with E-state index in [9.17, 15) is 4.79 Å². The maximum Gasteiger partial charge on any atom is 0.227 e. The molecule has 0 atom stereocenters. The summed E-state index contributed by atoms with van der Waals surface area (Å²) in [5.41, 5.74) is 6.79. The fraction of sp³-hybridized carbons (Fsp3) is 0.368. The third-order valence-corrected chi connectivity index (χ3v) is 5.22. The van der Waals surface area contributed by atoms with Crippen molar-refractivity contribution in [2.75, 3.05) is 6.54 Å². The molecule has 0 fully saturated rings. The molecule has 1 aliphatic rings. The van der Waals surface area contributed by atoms with Crippen molar-refractivity contribution in [3.63, 3.8) is 0 Å². The first-order valence-electron chi connectivity index (χ1n) is 8.40. The van der Waals surface area contributed by atoms with Crippen molar-refractivity contribution in [2.45, 2.75) is 33.2 Å². The number of aromatic nitrogens is 3. The van der Waals surface area contributed by atoms with Crippen LogP contribution in [0.25, 0.3) is 10.9 Å². The van der Waals surface area contributed by atoms with Crippen molar-refractivity contribution in [1.82, 2.24) is 19.7 Å². The van der Waals surface area contributed by atoms with E-state index in [1.807, 2.05) is 36.5 Å². The molecule has 5 nitrogen and oxygen atoms in total. The van der Waals surface area contributed by atoms with Crippen molar-refractivity contribution in [1.29, 1.82) is 0 Å². The van der Waals surface area contributed by atoms with Crippen LogP contribution in [0, 0.1) is 13.8 Å². The number of fused-ring (bicyclic) bond motifs is 3. The Labute approximate surface area is 141 Å². The molecule has 1 N–H and O–H groups in total. The highest BCUT2D eigenvalue weighted by Crippen LogP contribution is 2.28. The molecule has 5 heteroatoms. The number of aromatic amines is 1. The minimum Gasteiger partial charge on any atom is -0.358 e. The van der Waals surface area contributed by atoms with E-state index < -0.39 is 0 Å². The van der Waals surface area contributed by atoms with E-state index in [-0.39, 0.29) is 5.91 Å². The second kappa shape index (κ2) is 5.51. The maximum atomic E-state index is 12.8. The van der Waals surface area contributed by atoms with Crippen LogP contribution in [0.1, 0.15) is 28.2 Å². The predicted octanol–water partition coefficient (Wildman–Crippen LogP) is 2.65. The molecule has 1 aliphatic heterocycles. The van der Waals surface area contributed by atoms with E-state index in [2.05, 4.69) is 28.3 Å². The first-order valence-corrected chi connectivity index (χ1v) is 8.40. The average molecular weight is 322 g/mol. The summed E-state index contributed by atoms with van der Waals surface area (Å²) in [5.74, 6) is 0.185. The number of carbonyl (C=O) groups excluding carboxylic acids is 1. The van der Waals surface area contributed by atoms with E-state index in [4.69, 9.17) is 0 Å². The number of para-hydroxylation sites is 1. The van der Waals surface area contributed by atoms with Gasteiger partial charge in [0, 0.05) is 60.0 Å². The minimum absolute atomic E-state index is 0.185. The molecule has 0 bridgehead atoms. The molecule has 0 radical (unpaired) electrons. The summed E-state index contributed by atoms with van der Waals surface area (Å²) in [4.78, 5) is 18.3. The second-order valence-corrected chi connectivity index (χ2v) is 6.64. The second-order valence-electron chi connectivity index (χ2n) is 6.64. The Balaban J connectivity index is 1.59. The standard InChI is InChI=1S/C19H22N4O/c1-12-15(13(2)22(3)21-12)10-19(24)23-9-8-18-16(11-23)14-6-4-5-7-17(14)20-18/h4-7,20H,8-11H2,1-3H3. The topological polar surface area (TPSA) is 53.9 Å². The normalized spacial score (nSPS) is 14.2. The molecule has 3 aromatic rings. The molecule has 0 unspecified atom stereocenters. The number of H-pyrrole nitrogens is 1. The quantitative estimate of drug-likeness (QED) is 0.788. The fourth-order valence-corrected chi connectivity index (χ4v) is 3.72. The number of benzene rings is 1. The summed E-state index contributed by atoms with van der Waals surface area (Å²) in [6.07, 6.45) is 1.32. The summed E-state index contributed by atoms with van der Waals surface area (Å²) in [6, 6.07) is 8.33. The Bertz CT molecular complexity index is 934. The largest absolute Gasteiger partial charge is 0.358 e. The predicted molar refractivity (Wildman–Crippen MR) is 93.8 cm³/mol. The first-order chi connectivity index (χ1) is 11.5. The molecule has 0 aliphatic carbocycles. The Morgan fingerprint density at radius 3 is 2.83 bits per heavy atom. The number of aryl methyl sites for hydroxylation is 2. The molecule has 124 valence electrons. The van der Waals surface area contributed by atoms with Crippen LogP contribution < -0.4 is 0 Å². The van der Waals surface area contributed by atoms with E-state index in [0.29, 0.717) is 13.0 Å². The molecule has 1 aromatic carbocycles. The van der Waals surface area contributed by atoms with Crippen LogP contribution in [0.15, 0.2) is 24.3 Å². The molecule has 0 spiro atoms. The zero-order valence-electron chi connectivity index (χ0n) is 14.4. The Kier molecular flexibility index (Phi) is 3.44. The summed E-state index contributed by atoms with van der Waals surface area (Å²) in [5, 5.41) is 5.65. The summed E-state index contributed by atoms with van der Waals surface area (Å²) < 4.78 is 1.85. The van der Waals surface area contributed by atoms with Crippen molar-refractivity contribution >= 4 is 16.8 Å². The fourth-order valence-electron chi connectivity index (χ4n) is 3.72. The number of carbonyl (C=O) groups is 1. The zero-order valence-corrected chi connectivity index (χ0v) is 14.4. The van der Waals surface area contributed by atoms with E-state index in [0.717, 1.165) is 35.4 Å². The van der Waals surface area contributed by atoms with Crippen LogP contribution >= 0.6 is 0 Å². The van der Waals surface area contributed by atoms with Crippen LogP contribution in [0.3, 0.4) is 0 Å². The van der Waals surface area contributed by atoms with Crippen LogP contribution in [0.2, 0.25) is 0 Å². The molecule has 0 saturated carbocycles. The number of amides is 1. The lowest BCUT2D eigenvalue weighted by atomic mass is 10.0. The molecule has 2 aromatic heterocycles. The third kappa shape index (κ3) is 2.31. The molecule has 24 heavy (non-hydrogen) atoms. The molecule has 3 heterocycles. The SMILES string of the molecule is Cc1nn(C)c(C)c1CC(=O)N1CCc2[nH]c3ccccc3c2C1. The van der Waals surface area contributed by atoms with Gasteiger partial charge in [-0.2, -0.15) is 5.10 Å².